The fourth-order valence-corrected chi connectivity index (χ4v) is 2.36. The van der Waals surface area contributed by atoms with E-state index in [4.69, 9.17) is 9.78 Å². The molecular formula is C10H6Br2N4O. The van der Waals surface area contributed by atoms with Crippen LogP contribution in [0.4, 0.5) is 0 Å². The molecule has 0 aliphatic carbocycles. The summed E-state index contributed by atoms with van der Waals surface area (Å²) < 4.78 is 6.66. The Labute approximate surface area is 114 Å². The Balaban J connectivity index is 2.28. The molecule has 2 aromatic heterocycles. The average molecular weight is 358 g/mol. The minimum Gasteiger partial charge on any atom is -0.339 e. The molecule has 0 amide bonds. The first-order valence-corrected chi connectivity index (χ1v) is 6.30. The van der Waals surface area contributed by atoms with Gasteiger partial charge < -0.3 is 4.52 Å². The SMILES string of the molecule is N#CCCc1nc(-c2ncc(Br)cc2Br)no1. The standard InChI is InChI=1S/C10H6Br2N4O/c11-6-4-7(12)9(14-5-6)10-15-8(17-16-10)2-1-3-13/h4-5H,1-2H2. The van der Waals surface area contributed by atoms with Crippen LogP contribution in [0.1, 0.15) is 12.3 Å². The van der Waals surface area contributed by atoms with Gasteiger partial charge in [-0.3, -0.25) is 4.98 Å². The maximum atomic E-state index is 8.46. The Kier molecular flexibility index (Phi) is 3.86. The molecule has 2 rings (SSSR count). The number of hydrogen-bond donors (Lipinski definition) is 0. The summed E-state index contributed by atoms with van der Waals surface area (Å²) in [5, 5.41) is 12.3. The van der Waals surface area contributed by atoms with Crippen LogP contribution in [-0.2, 0) is 6.42 Å². The molecule has 0 bridgehead atoms. The van der Waals surface area contributed by atoms with Gasteiger partial charge in [-0.05, 0) is 37.9 Å². The summed E-state index contributed by atoms with van der Waals surface area (Å²) in [7, 11) is 0. The summed E-state index contributed by atoms with van der Waals surface area (Å²) in [4.78, 5) is 8.37. The quantitative estimate of drug-likeness (QED) is 0.843. The van der Waals surface area contributed by atoms with Crippen LogP contribution >= 0.6 is 31.9 Å². The number of hydrogen-bond acceptors (Lipinski definition) is 5. The Morgan fingerprint density at radius 2 is 2.24 bits per heavy atom. The van der Waals surface area contributed by atoms with Gasteiger partial charge in [-0.1, -0.05) is 5.16 Å². The number of nitriles is 1. The van der Waals surface area contributed by atoms with Crippen LogP contribution in [0.25, 0.3) is 11.5 Å². The van der Waals surface area contributed by atoms with Crippen molar-refractivity contribution in [3.63, 3.8) is 0 Å². The molecule has 17 heavy (non-hydrogen) atoms. The van der Waals surface area contributed by atoms with E-state index < -0.39 is 0 Å². The molecule has 0 spiro atoms. The number of aromatic nitrogens is 3. The molecule has 2 heterocycles. The van der Waals surface area contributed by atoms with Crippen molar-refractivity contribution in [2.45, 2.75) is 12.8 Å². The highest BCUT2D eigenvalue weighted by Gasteiger charge is 2.13. The molecule has 0 aliphatic heterocycles. The molecule has 0 saturated carbocycles. The van der Waals surface area contributed by atoms with Crippen molar-refractivity contribution in [1.29, 1.82) is 5.26 Å². The summed E-state index contributed by atoms with van der Waals surface area (Å²) >= 11 is 6.69. The molecule has 0 saturated heterocycles. The molecule has 0 radical (unpaired) electrons. The minimum atomic E-state index is 0.358. The van der Waals surface area contributed by atoms with E-state index in [1.165, 1.54) is 0 Å². The van der Waals surface area contributed by atoms with Crippen molar-refractivity contribution in [3.05, 3.63) is 27.1 Å². The lowest BCUT2D eigenvalue weighted by Gasteiger charge is -1.97. The van der Waals surface area contributed by atoms with Gasteiger partial charge in [0.05, 0.1) is 6.07 Å². The number of nitrogens with zero attached hydrogens (tertiary/aromatic N) is 4. The Bertz CT molecular complexity index is 576. The minimum absolute atomic E-state index is 0.358. The fraction of sp³-hybridized carbons (Fsp3) is 0.200. The number of halogens is 2. The third kappa shape index (κ3) is 2.90. The first-order chi connectivity index (χ1) is 8.20. The van der Waals surface area contributed by atoms with E-state index in [1.54, 1.807) is 6.20 Å². The zero-order valence-corrected chi connectivity index (χ0v) is 11.7. The molecule has 0 atom stereocenters. The van der Waals surface area contributed by atoms with Crippen LogP contribution in [0.3, 0.4) is 0 Å². The second kappa shape index (κ2) is 5.38. The first-order valence-electron chi connectivity index (χ1n) is 4.71. The van der Waals surface area contributed by atoms with Gasteiger partial charge >= 0.3 is 0 Å². The van der Waals surface area contributed by atoms with Gasteiger partial charge in [0.1, 0.15) is 5.69 Å². The average Bonchev–Trinajstić information content (AvgIpc) is 2.75. The van der Waals surface area contributed by atoms with Gasteiger partial charge in [-0.25, -0.2) is 0 Å². The van der Waals surface area contributed by atoms with Crippen molar-refractivity contribution in [2.75, 3.05) is 0 Å². The summed E-state index contributed by atoms with van der Waals surface area (Å²) in [5.74, 6) is 0.857. The number of aryl methyl sites for hydroxylation is 1. The Morgan fingerprint density at radius 1 is 1.41 bits per heavy atom. The van der Waals surface area contributed by atoms with Crippen LogP contribution in [0, 0.1) is 11.3 Å². The Hall–Kier alpha value is -1.26. The van der Waals surface area contributed by atoms with Crippen molar-refractivity contribution in [2.24, 2.45) is 0 Å². The predicted molar refractivity (Wildman–Crippen MR) is 66.9 cm³/mol. The predicted octanol–water partition coefficient (Wildman–Crippen LogP) is 3.11. The number of pyridine rings is 1. The van der Waals surface area contributed by atoms with Crippen LogP contribution in [-0.4, -0.2) is 15.1 Å². The normalized spacial score (nSPS) is 10.2. The highest BCUT2D eigenvalue weighted by molar-refractivity contribution is 9.11. The number of rotatable bonds is 3. The van der Waals surface area contributed by atoms with E-state index in [0.29, 0.717) is 30.3 Å². The second-order valence-electron chi connectivity index (χ2n) is 3.15. The molecule has 0 N–H and O–H groups in total. The van der Waals surface area contributed by atoms with Gasteiger partial charge in [0.15, 0.2) is 0 Å². The van der Waals surface area contributed by atoms with Crippen molar-refractivity contribution < 1.29 is 4.52 Å². The molecule has 7 heteroatoms. The topological polar surface area (TPSA) is 75.6 Å². The third-order valence-corrected chi connectivity index (χ3v) is 2.98. The maximum Gasteiger partial charge on any atom is 0.228 e. The van der Waals surface area contributed by atoms with E-state index >= 15 is 0 Å². The van der Waals surface area contributed by atoms with Crippen molar-refractivity contribution >= 4 is 31.9 Å². The highest BCUT2D eigenvalue weighted by atomic mass is 79.9. The molecular weight excluding hydrogens is 352 g/mol. The third-order valence-electron chi connectivity index (χ3n) is 1.94. The summed E-state index contributed by atoms with van der Waals surface area (Å²) in [5.41, 5.74) is 0.611. The fourth-order valence-electron chi connectivity index (χ4n) is 1.19. The van der Waals surface area contributed by atoms with E-state index in [9.17, 15) is 0 Å². The molecule has 2 aromatic rings. The molecule has 0 unspecified atom stereocenters. The van der Waals surface area contributed by atoms with Crippen molar-refractivity contribution in [1.82, 2.24) is 15.1 Å². The van der Waals surface area contributed by atoms with E-state index in [2.05, 4.69) is 47.0 Å². The van der Waals surface area contributed by atoms with Gasteiger partial charge in [0, 0.05) is 28.0 Å². The highest BCUT2D eigenvalue weighted by Crippen LogP contribution is 2.26. The zero-order chi connectivity index (χ0) is 12.3. The van der Waals surface area contributed by atoms with E-state index in [0.717, 1.165) is 8.95 Å². The van der Waals surface area contributed by atoms with Crippen molar-refractivity contribution in [3.8, 4) is 17.6 Å². The Morgan fingerprint density at radius 3 is 2.94 bits per heavy atom. The first kappa shape index (κ1) is 12.2. The lowest BCUT2D eigenvalue weighted by atomic mass is 10.3. The van der Waals surface area contributed by atoms with Crippen LogP contribution in [0.15, 0.2) is 25.7 Å². The lowest BCUT2D eigenvalue weighted by Crippen LogP contribution is -1.88. The molecule has 0 aliphatic rings. The second-order valence-corrected chi connectivity index (χ2v) is 4.92. The molecule has 86 valence electrons. The molecule has 0 aromatic carbocycles. The van der Waals surface area contributed by atoms with Gasteiger partial charge in [0.25, 0.3) is 0 Å². The summed E-state index contributed by atoms with van der Waals surface area (Å²) in [6.07, 6.45) is 2.47. The van der Waals surface area contributed by atoms with Gasteiger partial charge in [0.2, 0.25) is 11.7 Å². The molecule has 0 fully saturated rings. The summed E-state index contributed by atoms with van der Waals surface area (Å²) in [6.45, 7) is 0. The monoisotopic (exact) mass is 356 g/mol. The lowest BCUT2D eigenvalue weighted by molar-refractivity contribution is 0.380. The van der Waals surface area contributed by atoms with E-state index in [-0.39, 0.29) is 0 Å². The zero-order valence-electron chi connectivity index (χ0n) is 8.52. The maximum absolute atomic E-state index is 8.46. The van der Waals surface area contributed by atoms with Gasteiger partial charge in [-0.15, -0.1) is 0 Å². The van der Waals surface area contributed by atoms with Crippen LogP contribution in [0.2, 0.25) is 0 Å². The largest absolute Gasteiger partial charge is 0.339 e. The smallest absolute Gasteiger partial charge is 0.228 e. The molecule has 5 nitrogen and oxygen atoms in total. The van der Waals surface area contributed by atoms with E-state index in [1.807, 2.05) is 12.1 Å². The van der Waals surface area contributed by atoms with Crippen LogP contribution in [0.5, 0.6) is 0 Å². The summed E-state index contributed by atoms with van der Waals surface area (Å²) in [6, 6.07) is 3.88. The van der Waals surface area contributed by atoms with Crippen LogP contribution < -0.4 is 0 Å². The van der Waals surface area contributed by atoms with Gasteiger partial charge in [-0.2, -0.15) is 10.2 Å².